The number of amides is 1. The van der Waals surface area contributed by atoms with Crippen LogP contribution in [0.15, 0.2) is 6.20 Å². The zero-order valence-electron chi connectivity index (χ0n) is 9.94. The van der Waals surface area contributed by atoms with Crippen LogP contribution in [0.3, 0.4) is 0 Å². The lowest BCUT2D eigenvalue weighted by Gasteiger charge is -2.30. The van der Waals surface area contributed by atoms with Gasteiger partial charge in [0.1, 0.15) is 6.54 Å². The van der Waals surface area contributed by atoms with Crippen molar-refractivity contribution in [2.24, 2.45) is 0 Å². The fourth-order valence-electron chi connectivity index (χ4n) is 1.76. The Kier molecular flexibility index (Phi) is 3.85. The number of aromatic carboxylic acids is 1. The molecule has 18 heavy (non-hydrogen) atoms. The van der Waals surface area contributed by atoms with Gasteiger partial charge in [-0.15, -0.1) is 5.10 Å². The van der Waals surface area contributed by atoms with Crippen LogP contribution >= 0.6 is 11.8 Å². The summed E-state index contributed by atoms with van der Waals surface area (Å²) in [6.07, 6.45) is 1.27. The lowest BCUT2D eigenvalue weighted by Crippen LogP contribution is -2.42. The normalized spacial score (nSPS) is 19.8. The molecular weight excluding hydrogens is 256 g/mol. The molecule has 2 heterocycles. The van der Waals surface area contributed by atoms with Gasteiger partial charge in [0.2, 0.25) is 5.91 Å². The van der Waals surface area contributed by atoms with Crippen molar-refractivity contribution in [2.75, 3.05) is 18.8 Å². The van der Waals surface area contributed by atoms with Gasteiger partial charge in [-0.2, -0.15) is 11.8 Å². The lowest BCUT2D eigenvalue weighted by molar-refractivity contribution is -0.131. The van der Waals surface area contributed by atoms with Crippen molar-refractivity contribution in [2.45, 2.75) is 18.7 Å². The molecule has 1 aromatic heterocycles. The maximum absolute atomic E-state index is 12.0. The second kappa shape index (κ2) is 5.38. The summed E-state index contributed by atoms with van der Waals surface area (Å²) >= 11 is 1.85. The van der Waals surface area contributed by atoms with Crippen LogP contribution in [0, 0.1) is 0 Å². The van der Waals surface area contributed by atoms with Crippen LogP contribution in [0.4, 0.5) is 0 Å². The lowest BCUT2D eigenvalue weighted by atomic mass is 10.3. The van der Waals surface area contributed by atoms with E-state index < -0.39 is 5.97 Å². The van der Waals surface area contributed by atoms with Gasteiger partial charge < -0.3 is 10.0 Å². The standard InChI is InChI=1S/C10H14N4O3S/c1-7-4-13(2-3-18-7)9(15)6-14-5-8(10(16)17)11-12-14/h5,7H,2-4,6H2,1H3,(H,16,17). The number of hydrogen-bond acceptors (Lipinski definition) is 5. The molecule has 0 aliphatic carbocycles. The van der Waals surface area contributed by atoms with Gasteiger partial charge in [0.15, 0.2) is 5.69 Å². The molecule has 98 valence electrons. The van der Waals surface area contributed by atoms with E-state index in [0.29, 0.717) is 5.25 Å². The topological polar surface area (TPSA) is 88.3 Å². The maximum atomic E-state index is 12.0. The van der Waals surface area contributed by atoms with Crippen LogP contribution in [-0.4, -0.2) is 61.0 Å². The van der Waals surface area contributed by atoms with Crippen molar-refractivity contribution in [3.05, 3.63) is 11.9 Å². The zero-order chi connectivity index (χ0) is 13.1. The number of hydrogen-bond donors (Lipinski definition) is 1. The molecule has 1 aliphatic heterocycles. The highest BCUT2D eigenvalue weighted by Gasteiger charge is 2.22. The fraction of sp³-hybridized carbons (Fsp3) is 0.600. The first-order chi connectivity index (χ1) is 8.56. The van der Waals surface area contributed by atoms with E-state index in [-0.39, 0.29) is 18.1 Å². The second-order valence-corrected chi connectivity index (χ2v) is 5.67. The van der Waals surface area contributed by atoms with E-state index in [4.69, 9.17) is 5.11 Å². The van der Waals surface area contributed by atoms with E-state index in [1.807, 2.05) is 11.8 Å². The van der Waals surface area contributed by atoms with Crippen LogP contribution < -0.4 is 0 Å². The van der Waals surface area contributed by atoms with E-state index in [1.165, 1.54) is 10.9 Å². The summed E-state index contributed by atoms with van der Waals surface area (Å²) < 4.78 is 1.26. The number of carbonyl (C=O) groups excluding carboxylic acids is 1. The largest absolute Gasteiger partial charge is 0.476 e. The van der Waals surface area contributed by atoms with E-state index in [0.717, 1.165) is 18.8 Å². The highest BCUT2D eigenvalue weighted by atomic mass is 32.2. The highest BCUT2D eigenvalue weighted by molar-refractivity contribution is 7.99. The molecule has 0 aromatic carbocycles. The molecule has 1 amide bonds. The molecule has 1 aliphatic rings. The Bertz CT molecular complexity index is 462. The van der Waals surface area contributed by atoms with Crippen LogP contribution in [0.2, 0.25) is 0 Å². The number of carboxylic acid groups (broad SMARTS) is 1. The second-order valence-electron chi connectivity index (χ2n) is 4.13. The third-order valence-electron chi connectivity index (χ3n) is 2.65. The summed E-state index contributed by atoms with van der Waals surface area (Å²) in [4.78, 5) is 24.4. The predicted octanol–water partition coefficient (Wildman–Crippen LogP) is -0.0598. The number of nitrogens with zero attached hydrogens (tertiary/aromatic N) is 4. The molecule has 8 heteroatoms. The van der Waals surface area contributed by atoms with Gasteiger partial charge in [-0.05, 0) is 0 Å². The third kappa shape index (κ3) is 3.00. The van der Waals surface area contributed by atoms with Crippen molar-refractivity contribution in [1.82, 2.24) is 19.9 Å². The quantitative estimate of drug-likeness (QED) is 0.828. The minimum absolute atomic E-state index is 0.0394. The van der Waals surface area contributed by atoms with Gasteiger partial charge in [0, 0.05) is 24.1 Å². The van der Waals surface area contributed by atoms with Crippen LogP contribution in [0.1, 0.15) is 17.4 Å². The van der Waals surface area contributed by atoms with Gasteiger partial charge >= 0.3 is 5.97 Å². The Morgan fingerprint density at radius 2 is 2.39 bits per heavy atom. The summed E-state index contributed by atoms with van der Waals surface area (Å²) in [6.45, 7) is 3.58. The van der Waals surface area contributed by atoms with Crippen molar-refractivity contribution in [3.8, 4) is 0 Å². The summed E-state index contributed by atoms with van der Waals surface area (Å²) in [7, 11) is 0. The summed E-state index contributed by atoms with van der Waals surface area (Å²) in [5, 5.41) is 16.2. The van der Waals surface area contributed by atoms with Crippen LogP contribution in [0.5, 0.6) is 0 Å². The molecule has 0 radical (unpaired) electrons. The number of carboxylic acids is 1. The fourth-order valence-corrected chi connectivity index (χ4v) is 2.77. The molecule has 1 unspecified atom stereocenters. The predicted molar refractivity (Wildman–Crippen MR) is 65.5 cm³/mol. The third-order valence-corrected chi connectivity index (χ3v) is 3.79. The van der Waals surface area contributed by atoms with Crippen molar-refractivity contribution in [3.63, 3.8) is 0 Å². The average Bonchev–Trinajstić information content (AvgIpc) is 2.77. The van der Waals surface area contributed by atoms with Gasteiger partial charge in [0.25, 0.3) is 0 Å². The Labute approximate surface area is 108 Å². The molecule has 0 bridgehead atoms. The first-order valence-electron chi connectivity index (χ1n) is 5.59. The smallest absolute Gasteiger partial charge is 0.358 e. The van der Waals surface area contributed by atoms with Gasteiger partial charge in [-0.25, -0.2) is 9.48 Å². The minimum Gasteiger partial charge on any atom is -0.476 e. The molecule has 0 spiro atoms. The number of rotatable bonds is 3. The van der Waals surface area contributed by atoms with Crippen molar-refractivity contribution < 1.29 is 14.7 Å². The summed E-state index contributed by atoms with van der Waals surface area (Å²) in [5.41, 5.74) is -0.148. The SMILES string of the molecule is CC1CN(C(=O)Cn2cc(C(=O)O)nn2)CCS1. The first-order valence-corrected chi connectivity index (χ1v) is 6.64. The Morgan fingerprint density at radius 1 is 1.61 bits per heavy atom. The molecule has 2 rings (SSSR count). The molecule has 1 fully saturated rings. The maximum Gasteiger partial charge on any atom is 0.358 e. The van der Waals surface area contributed by atoms with Crippen LogP contribution in [-0.2, 0) is 11.3 Å². The van der Waals surface area contributed by atoms with Gasteiger partial charge in [-0.1, -0.05) is 12.1 Å². The molecule has 1 atom stereocenters. The zero-order valence-corrected chi connectivity index (χ0v) is 10.8. The molecule has 7 nitrogen and oxygen atoms in total. The van der Waals surface area contributed by atoms with Gasteiger partial charge in [-0.3, -0.25) is 4.79 Å². The molecule has 1 N–H and O–H groups in total. The highest BCUT2D eigenvalue weighted by Crippen LogP contribution is 2.17. The first kappa shape index (κ1) is 12.9. The van der Waals surface area contributed by atoms with Gasteiger partial charge in [0.05, 0.1) is 6.20 Å². The number of aromatic nitrogens is 3. The number of thioether (sulfide) groups is 1. The molecule has 0 saturated carbocycles. The Balaban J connectivity index is 1.95. The van der Waals surface area contributed by atoms with E-state index in [2.05, 4.69) is 17.2 Å². The molecular formula is C10H14N4O3S. The van der Waals surface area contributed by atoms with E-state index in [9.17, 15) is 9.59 Å². The molecule has 1 aromatic rings. The van der Waals surface area contributed by atoms with E-state index in [1.54, 1.807) is 4.90 Å². The molecule has 1 saturated heterocycles. The number of carbonyl (C=O) groups is 2. The minimum atomic E-state index is -1.14. The Hall–Kier alpha value is -1.57. The van der Waals surface area contributed by atoms with Crippen LogP contribution in [0.25, 0.3) is 0 Å². The summed E-state index contributed by atoms with van der Waals surface area (Å²) in [5.74, 6) is -0.259. The van der Waals surface area contributed by atoms with E-state index >= 15 is 0 Å². The summed E-state index contributed by atoms with van der Waals surface area (Å²) in [6, 6.07) is 0. The average molecular weight is 270 g/mol. The monoisotopic (exact) mass is 270 g/mol. The Morgan fingerprint density at radius 3 is 3.00 bits per heavy atom. The van der Waals surface area contributed by atoms with Crippen molar-refractivity contribution in [1.29, 1.82) is 0 Å². The van der Waals surface area contributed by atoms with Crippen molar-refractivity contribution >= 4 is 23.6 Å².